The Labute approximate surface area is 168 Å². The zero-order valence-electron chi connectivity index (χ0n) is 15.7. The van der Waals surface area contributed by atoms with E-state index in [9.17, 15) is 14.7 Å². The third kappa shape index (κ3) is 3.89. The average Bonchev–Trinajstić information content (AvgIpc) is 3.16. The monoisotopic (exact) mass is 384 g/mol. The number of nitrogens with one attached hydrogen (secondary N) is 2. The van der Waals surface area contributed by atoms with Crippen LogP contribution < -0.4 is 5.32 Å². The van der Waals surface area contributed by atoms with Crippen LogP contribution >= 0.6 is 0 Å². The number of carboxylic acids is 1. The topological polar surface area (TPSA) is 82.2 Å². The van der Waals surface area contributed by atoms with Crippen molar-refractivity contribution in [1.82, 2.24) is 10.3 Å². The van der Waals surface area contributed by atoms with Crippen molar-refractivity contribution in [2.75, 3.05) is 6.54 Å². The second-order valence-corrected chi connectivity index (χ2v) is 6.78. The van der Waals surface area contributed by atoms with Gasteiger partial charge in [-0.3, -0.25) is 4.79 Å². The minimum atomic E-state index is -1.02. The highest BCUT2D eigenvalue weighted by Gasteiger charge is 2.17. The van der Waals surface area contributed by atoms with Crippen molar-refractivity contribution in [3.8, 4) is 11.1 Å². The molecule has 1 heterocycles. The molecule has 29 heavy (non-hydrogen) atoms. The van der Waals surface area contributed by atoms with Crippen molar-refractivity contribution >= 4 is 22.8 Å². The van der Waals surface area contributed by atoms with Gasteiger partial charge in [0.2, 0.25) is 0 Å². The van der Waals surface area contributed by atoms with Gasteiger partial charge in [-0.25, -0.2) is 4.79 Å². The summed E-state index contributed by atoms with van der Waals surface area (Å²) in [5, 5.41) is 13.6. The van der Waals surface area contributed by atoms with Gasteiger partial charge in [-0.05, 0) is 40.8 Å². The fraction of sp³-hybridized carbons (Fsp3) is 0.0833. The molecule has 0 bridgehead atoms. The first-order valence-corrected chi connectivity index (χ1v) is 9.40. The molecule has 4 rings (SSSR count). The molecule has 4 aromatic rings. The summed E-state index contributed by atoms with van der Waals surface area (Å²) in [4.78, 5) is 27.7. The largest absolute Gasteiger partial charge is 0.478 e. The van der Waals surface area contributed by atoms with E-state index in [0.717, 1.165) is 16.6 Å². The van der Waals surface area contributed by atoms with Crippen molar-refractivity contribution in [1.29, 1.82) is 0 Å². The van der Waals surface area contributed by atoms with E-state index in [4.69, 9.17) is 0 Å². The molecule has 5 heteroatoms. The Morgan fingerprint density at radius 2 is 1.45 bits per heavy atom. The van der Waals surface area contributed by atoms with Crippen molar-refractivity contribution in [2.45, 2.75) is 6.42 Å². The summed E-state index contributed by atoms with van der Waals surface area (Å²) < 4.78 is 0. The van der Waals surface area contributed by atoms with Gasteiger partial charge in [0.15, 0.2) is 0 Å². The van der Waals surface area contributed by atoms with Crippen LogP contribution in [0.3, 0.4) is 0 Å². The van der Waals surface area contributed by atoms with Gasteiger partial charge in [-0.1, -0.05) is 54.6 Å². The van der Waals surface area contributed by atoms with Crippen LogP contribution in [0.4, 0.5) is 0 Å². The van der Waals surface area contributed by atoms with Crippen LogP contribution in [0.15, 0.2) is 78.9 Å². The Morgan fingerprint density at radius 3 is 2.17 bits per heavy atom. The maximum Gasteiger partial charge on any atom is 0.336 e. The standard InChI is InChI=1S/C24H20N2O3/c27-23(25-14-13-17-15-16-7-1-6-12-22(16)26-17)20-10-4-2-8-18(20)19-9-3-5-11-21(19)24(28)29/h1-12,15,26H,13-14H2,(H,25,27)(H,28,29). The van der Waals surface area contributed by atoms with Gasteiger partial charge in [0.1, 0.15) is 0 Å². The molecule has 0 atom stereocenters. The molecule has 0 saturated heterocycles. The lowest BCUT2D eigenvalue weighted by atomic mass is 9.95. The quantitative estimate of drug-likeness (QED) is 0.458. The van der Waals surface area contributed by atoms with E-state index in [1.165, 1.54) is 0 Å². The smallest absolute Gasteiger partial charge is 0.336 e. The van der Waals surface area contributed by atoms with Crippen LogP contribution in [0, 0.1) is 0 Å². The van der Waals surface area contributed by atoms with Crippen LogP contribution in [-0.4, -0.2) is 28.5 Å². The molecule has 3 N–H and O–H groups in total. The number of hydrogen-bond donors (Lipinski definition) is 3. The molecule has 0 aliphatic heterocycles. The van der Waals surface area contributed by atoms with Crippen LogP contribution in [-0.2, 0) is 6.42 Å². The second kappa shape index (κ2) is 8.02. The Kier molecular flexibility index (Phi) is 5.12. The number of fused-ring (bicyclic) bond motifs is 1. The molecule has 144 valence electrons. The maximum absolute atomic E-state index is 12.8. The van der Waals surface area contributed by atoms with Crippen molar-refractivity contribution in [2.24, 2.45) is 0 Å². The number of H-pyrrole nitrogens is 1. The van der Waals surface area contributed by atoms with Crippen LogP contribution in [0.25, 0.3) is 22.0 Å². The van der Waals surface area contributed by atoms with Gasteiger partial charge < -0.3 is 15.4 Å². The van der Waals surface area contributed by atoms with E-state index in [-0.39, 0.29) is 11.5 Å². The van der Waals surface area contributed by atoms with Crippen LogP contribution in [0.5, 0.6) is 0 Å². The number of amides is 1. The lowest BCUT2D eigenvalue weighted by molar-refractivity contribution is 0.0697. The Hall–Kier alpha value is -3.86. The predicted molar refractivity (Wildman–Crippen MR) is 113 cm³/mol. The van der Waals surface area contributed by atoms with Crippen molar-refractivity contribution in [3.63, 3.8) is 0 Å². The van der Waals surface area contributed by atoms with Gasteiger partial charge in [0.05, 0.1) is 5.56 Å². The van der Waals surface area contributed by atoms with E-state index in [2.05, 4.69) is 16.4 Å². The predicted octanol–water partition coefficient (Wildman–Crippen LogP) is 4.51. The summed E-state index contributed by atoms with van der Waals surface area (Å²) in [6, 6.07) is 23.9. The fourth-order valence-electron chi connectivity index (χ4n) is 3.49. The fourth-order valence-corrected chi connectivity index (χ4v) is 3.49. The summed E-state index contributed by atoms with van der Waals surface area (Å²) in [5.41, 5.74) is 3.89. The van der Waals surface area contributed by atoms with Gasteiger partial charge in [-0.2, -0.15) is 0 Å². The number of aromatic nitrogens is 1. The molecule has 1 aromatic heterocycles. The van der Waals surface area contributed by atoms with E-state index in [1.54, 1.807) is 48.5 Å². The van der Waals surface area contributed by atoms with Gasteiger partial charge in [-0.15, -0.1) is 0 Å². The molecule has 0 radical (unpaired) electrons. The number of aromatic carboxylic acids is 1. The van der Waals surface area contributed by atoms with Crippen molar-refractivity contribution in [3.05, 3.63) is 95.7 Å². The molecule has 0 aliphatic rings. The van der Waals surface area contributed by atoms with Gasteiger partial charge >= 0.3 is 5.97 Å². The Balaban J connectivity index is 1.52. The normalized spacial score (nSPS) is 10.8. The zero-order valence-corrected chi connectivity index (χ0v) is 15.7. The molecule has 5 nitrogen and oxygen atoms in total. The first-order chi connectivity index (χ1) is 14.1. The van der Waals surface area contributed by atoms with Gasteiger partial charge in [0, 0.05) is 29.7 Å². The minimum absolute atomic E-state index is 0.172. The molecule has 0 saturated carbocycles. The molecule has 0 spiro atoms. The molecule has 1 amide bonds. The summed E-state index contributed by atoms with van der Waals surface area (Å²) in [7, 11) is 0. The third-order valence-corrected chi connectivity index (χ3v) is 4.88. The highest BCUT2D eigenvalue weighted by molar-refractivity contribution is 6.04. The first kappa shape index (κ1) is 18.5. The van der Waals surface area contributed by atoms with Crippen LogP contribution in [0.1, 0.15) is 26.4 Å². The van der Waals surface area contributed by atoms with E-state index >= 15 is 0 Å². The lowest BCUT2D eigenvalue weighted by Crippen LogP contribution is -2.26. The molecular weight excluding hydrogens is 364 g/mol. The molecule has 0 fully saturated rings. The number of benzene rings is 3. The molecular formula is C24H20N2O3. The number of carboxylic acid groups (broad SMARTS) is 1. The Bertz CT molecular complexity index is 1160. The molecule has 0 unspecified atom stereocenters. The van der Waals surface area contributed by atoms with Gasteiger partial charge in [0.25, 0.3) is 5.91 Å². The van der Waals surface area contributed by atoms with Crippen molar-refractivity contribution < 1.29 is 14.7 Å². The maximum atomic E-state index is 12.8. The number of carbonyl (C=O) groups excluding carboxylic acids is 1. The Morgan fingerprint density at radius 1 is 0.828 bits per heavy atom. The summed E-state index contributed by atoms with van der Waals surface area (Å²) in [5.74, 6) is -1.24. The zero-order chi connectivity index (χ0) is 20.2. The van der Waals surface area contributed by atoms with E-state index < -0.39 is 5.97 Å². The number of hydrogen-bond acceptors (Lipinski definition) is 2. The van der Waals surface area contributed by atoms with E-state index in [1.807, 2.05) is 24.3 Å². The third-order valence-electron chi connectivity index (χ3n) is 4.88. The lowest BCUT2D eigenvalue weighted by Gasteiger charge is -2.12. The highest BCUT2D eigenvalue weighted by atomic mass is 16.4. The summed E-state index contributed by atoms with van der Waals surface area (Å²) >= 11 is 0. The first-order valence-electron chi connectivity index (χ1n) is 9.40. The second-order valence-electron chi connectivity index (χ2n) is 6.78. The minimum Gasteiger partial charge on any atom is -0.478 e. The van der Waals surface area contributed by atoms with Crippen LogP contribution in [0.2, 0.25) is 0 Å². The number of para-hydroxylation sites is 1. The highest BCUT2D eigenvalue weighted by Crippen LogP contribution is 2.27. The summed E-state index contributed by atoms with van der Waals surface area (Å²) in [6.07, 6.45) is 0.675. The molecule has 0 aliphatic carbocycles. The van der Waals surface area contributed by atoms with E-state index in [0.29, 0.717) is 29.7 Å². The SMILES string of the molecule is O=C(O)c1ccccc1-c1ccccc1C(=O)NCCc1cc2ccccc2[nH]1. The summed E-state index contributed by atoms with van der Waals surface area (Å²) in [6.45, 7) is 0.473. The number of aromatic amines is 1. The average molecular weight is 384 g/mol. The number of carbonyl (C=O) groups is 2. The number of rotatable bonds is 6. The molecule has 3 aromatic carbocycles.